The van der Waals surface area contributed by atoms with Crippen LogP contribution in [-0.4, -0.2) is 13.2 Å². The van der Waals surface area contributed by atoms with Crippen LogP contribution in [0, 0.1) is 23.7 Å². The molecular formula is C10H20O. The summed E-state index contributed by atoms with van der Waals surface area (Å²) in [6, 6.07) is 0. The van der Waals surface area contributed by atoms with Crippen LogP contribution in [0.3, 0.4) is 0 Å². The van der Waals surface area contributed by atoms with Crippen LogP contribution in [0.2, 0.25) is 0 Å². The largest absolute Gasteiger partial charge is 0.381 e. The van der Waals surface area contributed by atoms with Gasteiger partial charge >= 0.3 is 0 Å². The molecule has 2 rings (SSSR count). The van der Waals surface area contributed by atoms with Gasteiger partial charge in [0.05, 0.1) is 0 Å². The molecule has 1 heteroatoms. The predicted octanol–water partition coefficient (Wildman–Crippen LogP) is 2.56. The fourth-order valence-corrected chi connectivity index (χ4v) is 2.61. The van der Waals surface area contributed by atoms with Gasteiger partial charge in [-0.15, -0.1) is 0 Å². The maximum absolute atomic E-state index is 5.42. The second-order valence-electron chi connectivity index (χ2n) is 3.91. The SMILES string of the molecule is C.CC1C(C)C2COCCC12. The molecule has 1 aliphatic heterocycles. The standard InChI is InChI=1S/C9H16O.CH4/c1-6-7(2)9-5-10-4-3-8(6)9;/h6-9H,3-5H2,1-2H3;1H4. The number of rotatable bonds is 0. The first-order chi connectivity index (χ1) is 4.80. The predicted molar refractivity (Wildman–Crippen MR) is 47.5 cm³/mol. The summed E-state index contributed by atoms with van der Waals surface area (Å²) in [5.74, 6) is 3.80. The Labute approximate surface area is 70.1 Å². The minimum Gasteiger partial charge on any atom is -0.381 e. The summed E-state index contributed by atoms with van der Waals surface area (Å²) in [6.45, 7) is 6.80. The van der Waals surface area contributed by atoms with Crippen LogP contribution in [0.25, 0.3) is 0 Å². The molecule has 2 fully saturated rings. The van der Waals surface area contributed by atoms with Gasteiger partial charge in [0, 0.05) is 13.2 Å². The molecule has 0 spiro atoms. The fraction of sp³-hybridized carbons (Fsp3) is 1.00. The van der Waals surface area contributed by atoms with Gasteiger partial charge in [0.1, 0.15) is 0 Å². The number of ether oxygens (including phenoxy) is 1. The van der Waals surface area contributed by atoms with Gasteiger partial charge in [-0.1, -0.05) is 21.3 Å². The van der Waals surface area contributed by atoms with Crippen molar-refractivity contribution in [3.05, 3.63) is 0 Å². The van der Waals surface area contributed by atoms with Crippen LogP contribution >= 0.6 is 0 Å². The first kappa shape index (κ1) is 9.05. The Morgan fingerprint density at radius 2 is 1.73 bits per heavy atom. The third-order valence-corrected chi connectivity index (χ3v) is 3.64. The Hall–Kier alpha value is -0.0400. The van der Waals surface area contributed by atoms with Crippen molar-refractivity contribution in [2.75, 3.05) is 13.2 Å². The van der Waals surface area contributed by atoms with Crippen LogP contribution in [0.4, 0.5) is 0 Å². The molecule has 1 saturated carbocycles. The zero-order valence-corrected chi connectivity index (χ0v) is 6.84. The van der Waals surface area contributed by atoms with Crippen molar-refractivity contribution in [1.82, 2.24) is 0 Å². The summed E-state index contributed by atoms with van der Waals surface area (Å²) in [4.78, 5) is 0. The van der Waals surface area contributed by atoms with Crippen LogP contribution in [0.15, 0.2) is 0 Å². The highest BCUT2D eigenvalue weighted by molar-refractivity contribution is 4.93. The maximum atomic E-state index is 5.42. The van der Waals surface area contributed by atoms with E-state index in [-0.39, 0.29) is 7.43 Å². The summed E-state index contributed by atoms with van der Waals surface area (Å²) >= 11 is 0. The van der Waals surface area contributed by atoms with Crippen molar-refractivity contribution in [2.45, 2.75) is 27.7 Å². The van der Waals surface area contributed by atoms with Gasteiger partial charge in [-0.2, -0.15) is 0 Å². The fourth-order valence-electron chi connectivity index (χ4n) is 2.61. The maximum Gasteiger partial charge on any atom is 0.0499 e. The van der Waals surface area contributed by atoms with E-state index in [1.165, 1.54) is 6.42 Å². The van der Waals surface area contributed by atoms with Crippen LogP contribution in [0.1, 0.15) is 27.7 Å². The first-order valence-electron chi connectivity index (χ1n) is 4.38. The van der Waals surface area contributed by atoms with Crippen molar-refractivity contribution in [1.29, 1.82) is 0 Å². The lowest BCUT2D eigenvalue weighted by Gasteiger charge is -2.51. The van der Waals surface area contributed by atoms with E-state index < -0.39 is 0 Å². The van der Waals surface area contributed by atoms with E-state index in [0.717, 1.165) is 36.9 Å². The lowest BCUT2D eigenvalue weighted by Crippen LogP contribution is -2.49. The summed E-state index contributed by atoms with van der Waals surface area (Å²) in [6.07, 6.45) is 1.32. The zero-order valence-electron chi connectivity index (χ0n) is 6.84. The van der Waals surface area contributed by atoms with Gasteiger partial charge in [0.15, 0.2) is 0 Å². The van der Waals surface area contributed by atoms with Gasteiger partial charge in [-0.25, -0.2) is 0 Å². The monoisotopic (exact) mass is 156 g/mol. The summed E-state index contributed by atoms with van der Waals surface area (Å²) in [5.41, 5.74) is 0. The highest BCUT2D eigenvalue weighted by Gasteiger charge is 2.45. The van der Waals surface area contributed by atoms with Crippen molar-refractivity contribution in [3.63, 3.8) is 0 Å². The van der Waals surface area contributed by atoms with E-state index in [9.17, 15) is 0 Å². The second kappa shape index (κ2) is 3.14. The Bertz CT molecular complexity index is 117. The van der Waals surface area contributed by atoms with Crippen LogP contribution < -0.4 is 0 Å². The lowest BCUT2D eigenvalue weighted by molar-refractivity contribution is -0.109. The average Bonchev–Trinajstić information content (AvgIpc) is 2.03. The molecule has 0 aromatic rings. The second-order valence-corrected chi connectivity index (χ2v) is 3.91. The van der Waals surface area contributed by atoms with Gasteiger partial charge in [0.25, 0.3) is 0 Å². The molecule has 1 saturated heterocycles. The molecular weight excluding hydrogens is 136 g/mol. The molecule has 1 aliphatic carbocycles. The molecule has 0 amide bonds. The molecule has 0 aromatic heterocycles. The van der Waals surface area contributed by atoms with Gasteiger partial charge in [0.2, 0.25) is 0 Å². The molecule has 0 N–H and O–H groups in total. The highest BCUT2D eigenvalue weighted by Crippen LogP contribution is 2.49. The smallest absolute Gasteiger partial charge is 0.0499 e. The summed E-state index contributed by atoms with van der Waals surface area (Å²) < 4.78 is 5.42. The number of hydrogen-bond donors (Lipinski definition) is 0. The molecule has 11 heavy (non-hydrogen) atoms. The zero-order chi connectivity index (χ0) is 7.14. The van der Waals surface area contributed by atoms with Crippen molar-refractivity contribution < 1.29 is 4.74 Å². The average molecular weight is 156 g/mol. The van der Waals surface area contributed by atoms with E-state index in [0.29, 0.717) is 0 Å². The molecule has 0 bridgehead atoms. The molecule has 4 unspecified atom stereocenters. The molecule has 0 radical (unpaired) electrons. The first-order valence-corrected chi connectivity index (χ1v) is 4.38. The number of hydrogen-bond acceptors (Lipinski definition) is 1. The Kier molecular flexibility index (Phi) is 2.58. The minimum atomic E-state index is 0. The topological polar surface area (TPSA) is 9.23 Å². The molecule has 1 nitrogen and oxygen atoms in total. The van der Waals surface area contributed by atoms with Crippen LogP contribution in [-0.2, 0) is 4.74 Å². The third-order valence-electron chi connectivity index (χ3n) is 3.64. The van der Waals surface area contributed by atoms with E-state index >= 15 is 0 Å². The molecule has 1 heterocycles. The van der Waals surface area contributed by atoms with Gasteiger partial charge in [-0.05, 0) is 30.1 Å². The number of fused-ring (bicyclic) bond motifs is 1. The van der Waals surface area contributed by atoms with E-state index in [1.807, 2.05) is 0 Å². The highest BCUT2D eigenvalue weighted by atomic mass is 16.5. The van der Waals surface area contributed by atoms with Crippen LogP contribution in [0.5, 0.6) is 0 Å². The molecule has 66 valence electrons. The van der Waals surface area contributed by atoms with Gasteiger partial charge in [-0.3, -0.25) is 0 Å². The molecule has 0 aromatic carbocycles. The Balaban J connectivity index is 0.000000605. The van der Waals surface area contributed by atoms with Crippen molar-refractivity contribution >= 4 is 0 Å². The van der Waals surface area contributed by atoms with E-state index in [4.69, 9.17) is 4.74 Å². The Morgan fingerprint density at radius 3 is 2.36 bits per heavy atom. The molecule has 2 aliphatic rings. The third kappa shape index (κ3) is 1.20. The lowest BCUT2D eigenvalue weighted by atomic mass is 9.57. The summed E-state index contributed by atoms with van der Waals surface area (Å²) in [7, 11) is 0. The molecule has 4 atom stereocenters. The minimum absolute atomic E-state index is 0. The van der Waals surface area contributed by atoms with Crippen molar-refractivity contribution in [3.8, 4) is 0 Å². The van der Waals surface area contributed by atoms with E-state index in [1.54, 1.807) is 0 Å². The van der Waals surface area contributed by atoms with Gasteiger partial charge < -0.3 is 4.74 Å². The van der Waals surface area contributed by atoms with E-state index in [2.05, 4.69) is 13.8 Å². The normalized spacial score (nSPS) is 48.5. The quantitative estimate of drug-likeness (QED) is 0.524. The Morgan fingerprint density at radius 1 is 1.09 bits per heavy atom. The summed E-state index contributed by atoms with van der Waals surface area (Å²) in [5, 5.41) is 0. The van der Waals surface area contributed by atoms with Crippen molar-refractivity contribution in [2.24, 2.45) is 23.7 Å².